The fourth-order valence-electron chi connectivity index (χ4n) is 3.00. The number of nitrogens with zero attached hydrogens (tertiary/aromatic N) is 1. The Kier molecular flexibility index (Phi) is 7.06. The number of benzene rings is 1. The molecule has 162 valence electrons. The minimum absolute atomic E-state index is 0.00752. The summed E-state index contributed by atoms with van der Waals surface area (Å²) in [6.07, 6.45) is -3.13. The molecular formula is C21H30ClNO6. The van der Waals surface area contributed by atoms with Crippen LogP contribution in [0.15, 0.2) is 24.3 Å². The van der Waals surface area contributed by atoms with E-state index in [2.05, 4.69) is 0 Å². The third-order valence-electron chi connectivity index (χ3n) is 4.18. The van der Waals surface area contributed by atoms with E-state index >= 15 is 0 Å². The number of rotatable bonds is 3. The van der Waals surface area contributed by atoms with Crippen LogP contribution in [-0.4, -0.2) is 58.3 Å². The summed E-state index contributed by atoms with van der Waals surface area (Å²) in [6, 6.07) is 6.50. The fourth-order valence-corrected chi connectivity index (χ4v) is 3.12. The van der Waals surface area contributed by atoms with E-state index in [1.54, 1.807) is 53.7 Å². The molecule has 7 nitrogen and oxygen atoms in total. The van der Waals surface area contributed by atoms with Crippen molar-refractivity contribution in [1.82, 2.24) is 4.90 Å². The van der Waals surface area contributed by atoms with E-state index in [1.165, 1.54) is 4.90 Å². The number of hydrogen-bond acceptors (Lipinski definition) is 6. The average molecular weight is 428 g/mol. The molecule has 0 aliphatic carbocycles. The zero-order chi connectivity index (χ0) is 22.0. The lowest BCUT2D eigenvalue weighted by molar-refractivity contribution is -0.0486. The van der Waals surface area contributed by atoms with Gasteiger partial charge in [-0.3, -0.25) is 4.90 Å². The molecule has 1 amide bonds. The van der Waals surface area contributed by atoms with Crippen molar-refractivity contribution in [2.75, 3.05) is 6.54 Å². The van der Waals surface area contributed by atoms with Crippen LogP contribution in [-0.2, 0) is 20.6 Å². The predicted molar refractivity (Wildman–Crippen MR) is 109 cm³/mol. The molecule has 0 unspecified atom stereocenters. The molecule has 0 bridgehead atoms. The van der Waals surface area contributed by atoms with Gasteiger partial charge in [0.25, 0.3) is 0 Å². The molecule has 1 aromatic rings. The summed E-state index contributed by atoms with van der Waals surface area (Å²) in [4.78, 5) is 26.2. The number of likely N-dealkylation sites (tertiary alicyclic amines) is 1. The van der Waals surface area contributed by atoms with Gasteiger partial charge in [-0.25, -0.2) is 9.59 Å². The number of ether oxygens (including phenoxy) is 3. The topological polar surface area (TPSA) is 85.3 Å². The van der Waals surface area contributed by atoms with E-state index in [0.29, 0.717) is 11.4 Å². The minimum atomic E-state index is -1.09. The molecule has 0 aromatic heterocycles. The highest BCUT2D eigenvalue weighted by Gasteiger charge is 2.47. The lowest BCUT2D eigenvalue weighted by Crippen LogP contribution is -2.43. The van der Waals surface area contributed by atoms with E-state index in [9.17, 15) is 14.7 Å². The predicted octanol–water partition coefficient (Wildman–Crippen LogP) is 4.18. The highest BCUT2D eigenvalue weighted by atomic mass is 35.5. The van der Waals surface area contributed by atoms with Gasteiger partial charge < -0.3 is 19.3 Å². The summed E-state index contributed by atoms with van der Waals surface area (Å²) in [5.41, 5.74) is -0.546. The van der Waals surface area contributed by atoms with E-state index in [4.69, 9.17) is 25.8 Å². The third kappa shape index (κ3) is 7.08. The smallest absolute Gasteiger partial charge is 0.444 e. The summed E-state index contributed by atoms with van der Waals surface area (Å²) in [7, 11) is 0. The zero-order valence-corrected chi connectivity index (χ0v) is 18.5. The summed E-state index contributed by atoms with van der Waals surface area (Å²) >= 11 is 5.94. The summed E-state index contributed by atoms with van der Waals surface area (Å²) in [5.74, 6) is 0. The maximum absolute atomic E-state index is 12.7. The van der Waals surface area contributed by atoms with Crippen molar-refractivity contribution in [2.24, 2.45) is 0 Å². The molecule has 1 aliphatic heterocycles. The molecule has 0 spiro atoms. The Hall–Kier alpha value is -1.99. The molecule has 1 fully saturated rings. The van der Waals surface area contributed by atoms with Gasteiger partial charge in [0.2, 0.25) is 0 Å². The first-order valence-electron chi connectivity index (χ1n) is 9.57. The van der Waals surface area contributed by atoms with Crippen LogP contribution in [0, 0.1) is 0 Å². The van der Waals surface area contributed by atoms with Crippen molar-refractivity contribution in [3.05, 3.63) is 34.9 Å². The van der Waals surface area contributed by atoms with E-state index in [-0.39, 0.29) is 6.54 Å². The normalized spacial score (nSPS) is 22.3. The van der Waals surface area contributed by atoms with Gasteiger partial charge >= 0.3 is 12.2 Å². The lowest BCUT2D eigenvalue weighted by Gasteiger charge is -2.29. The monoisotopic (exact) mass is 427 g/mol. The molecule has 3 atom stereocenters. The number of halogens is 1. The van der Waals surface area contributed by atoms with Crippen LogP contribution in [0.25, 0.3) is 0 Å². The highest BCUT2D eigenvalue weighted by Crippen LogP contribution is 2.27. The molecular weight excluding hydrogens is 398 g/mol. The molecule has 0 saturated carbocycles. The molecule has 1 aliphatic rings. The Morgan fingerprint density at radius 1 is 1.07 bits per heavy atom. The van der Waals surface area contributed by atoms with Gasteiger partial charge in [0.1, 0.15) is 17.3 Å². The van der Waals surface area contributed by atoms with Crippen LogP contribution in [0.3, 0.4) is 0 Å². The Labute approximate surface area is 176 Å². The maximum atomic E-state index is 12.7. The summed E-state index contributed by atoms with van der Waals surface area (Å²) < 4.78 is 16.0. The maximum Gasteiger partial charge on any atom is 0.509 e. The van der Waals surface area contributed by atoms with Crippen molar-refractivity contribution in [1.29, 1.82) is 0 Å². The minimum Gasteiger partial charge on any atom is -0.444 e. The Morgan fingerprint density at radius 3 is 2.14 bits per heavy atom. The van der Waals surface area contributed by atoms with E-state index in [1.807, 2.05) is 12.1 Å². The van der Waals surface area contributed by atoms with Crippen molar-refractivity contribution >= 4 is 23.8 Å². The SMILES string of the molecule is CC(C)(C)OC(=O)O[C@H]1CN(C(=O)OC(C)(C)C)[C@H](Cc2ccc(Cl)cc2)[C@@H]1O. The summed E-state index contributed by atoms with van der Waals surface area (Å²) in [6.45, 7) is 10.5. The number of aliphatic hydroxyl groups excluding tert-OH is 1. The number of aliphatic hydroxyl groups is 1. The van der Waals surface area contributed by atoms with Crippen LogP contribution < -0.4 is 0 Å². The first kappa shape index (κ1) is 23.3. The Balaban J connectivity index is 2.19. The second-order valence-corrected chi connectivity index (χ2v) is 9.58. The van der Waals surface area contributed by atoms with Gasteiger partial charge in [0, 0.05) is 5.02 Å². The number of carbonyl (C=O) groups is 2. The van der Waals surface area contributed by atoms with Gasteiger partial charge in [-0.05, 0) is 65.7 Å². The van der Waals surface area contributed by atoms with Gasteiger partial charge in [-0.2, -0.15) is 0 Å². The zero-order valence-electron chi connectivity index (χ0n) is 17.8. The first-order valence-corrected chi connectivity index (χ1v) is 9.95. The fraction of sp³-hybridized carbons (Fsp3) is 0.619. The molecule has 8 heteroatoms. The Morgan fingerprint density at radius 2 is 1.62 bits per heavy atom. The quantitative estimate of drug-likeness (QED) is 0.728. The molecule has 29 heavy (non-hydrogen) atoms. The molecule has 1 N–H and O–H groups in total. The second kappa shape index (κ2) is 8.79. The number of amides is 1. The number of hydrogen-bond donors (Lipinski definition) is 1. The van der Waals surface area contributed by atoms with Crippen molar-refractivity contribution in [3.63, 3.8) is 0 Å². The van der Waals surface area contributed by atoms with Crippen LogP contribution in [0.5, 0.6) is 0 Å². The van der Waals surface area contributed by atoms with Gasteiger partial charge in [0.05, 0.1) is 12.6 Å². The first-order chi connectivity index (χ1) is 13.2. The highest BCUT2D eigenvalue weighted by molar-refractivity contribution is 6.30. The van der Waals surface area contributed by atoms with Gasteiger partial charge in [0.15, 0.2) is 6.10 Å². The van der Waals surface area contributed by atoms with Gasteiger partial charge in [-0.15, -0.1) is 0 Å². The molecule has 0 radical (unpaired) electrons. The van der Waals surface area contributed by atoms with Crippen molar-refractivity contribution in [3.8, 4) is 0 Å². The van der Waals surface area contributed by atoms with E-state index in [0.717, 1.165) is 5.56 Å². The van der Waals surface area contributed by atoms with Crippen LogP contribution in [0.4, 0.5) is 9.59 Å². The molecule has 1 saturated heterocycles. The Bertz CT molecular complexity index is 722. The van der Waals surface area contributed by atoms with E-state index < -0.39 is 41.7 Å². The average Bonchev–Trinajstić information content (AvgIpc) is 2.83. The van der Waals surface area contributed by atoms with Crippen LogP contribution >= 0.6 is 11.6 Å². The lowest BCUT2D eigenvalue weighted by atomic mass is 10.0. The summed E-state index contributed by atoms with van der Waals surface area (Å²) in [5, 5.41) is 11.4. The van der Waals surface area contributed by atoms with Crippen molar-refractivity contribution in [2.45, 2.75) is 77.4 Å². The van der Waals surface area contributed by atoms with Crippen molar-refractivity contribution < 1.29 is 28.9 Å². The molecule has 2 rings (SSSR count). The van der Waals surface area contributed by atoms with Crippen LogP contribution in [0.2, 0.25) is 5.02 Å². The molecule has 1 aromatic carbocycles. The molecule has 1 heterocycles. The standard InChI is InChI=1S/C21H30ClNO6/c1-20(2,3)28-18(25)23-12-16(27-19(26)29-21(4,5)6)17(24)15(23)11-13-7-9-14(22)10-8-13/h7-10,15-17,24H,11-12H2,1-6H3/t15-,16+,17+/m1/s1. The van der Waals surface area contributed by atoms with Crippen LogP contribution in [0.1, 0.15) is 47.1 Å². The van der Waals surface area contributed by atoms with Gasteiger partial charge in [-0.1, -0.05) is 23.7 Å². The number of carbonyl (C=O) groups excluding carboxylic acids is 2. The third-order valence-corrected chi connectivity index (χ3v) is 4.43. The largest absolute Gasteiger partial charge is 0.509 e. The second-order valence-electron chi connectivity index (χ2n) is 9.14.